The molecule has 27 heavy (non-hydrogen) atoms. The summed E-state index contributed by atoms with van der Waals surface area (Å²) in [6.45, 7) is 0. The van der Waals surface area contributed by atoms with E-state index in [4.69, 9.17) is 27.9 Å². The number of aromatic nitrogens is 1. The van der Waals surface area contributed by atoms with Gasteiger partial charge in [-0.3, -0.25) is 4.79 Å². The number of amides is 1. The molecule has 4 nitrogen and oxygen atoms in total. The van der Waals surface area contributed by atoms with Crippen LogP contribution in [0.4, 0.5) is 5.69 Å². The van der Waals surface area contributed by atoms with Crippen molar-refractivity contribution in [1.29, 1.82) is 0 Å². The number of β-lactam (4-membered cyclic amide) rings is 1. The van der Waals surface area contributed by atoms with Crippen LogP contribution in [0.3, 0.4) is 0 Å². The monoisotopic (exact) mass is 398 g/mol. The molecule has 0 unspecified atom stereocenters. The van der Waals surface area contributed by atoms with Gasteiger partial charge in [0.05, 0.1) is 19.1 Å². The van der Waals surface area contributed by atoms with Gasteiger partial charge >= 0.3 is 0 Å². The number of pyridine rings is 1. The second-order valence-corrected chi connectivity index (χ2v) is 7.12. The minimum absolute atomic E-state index is 0.0300. The predicted octanol–water partition coefficient (Wildman–Crippen LogP) is 5.27. The summed E-state index contributed by atoms with van der Waals surface area (Å²) in [7, 11) is 1.61. The van der Waals surface area contributed by atoms with Gasteiger partial charge in [0.15, 0.2) is 0 Å². The molecule has 3 aromatic rings. The molecule has 0 bridgehead atoms. The molecule has 1 fully saturated rings. The normalized spacial score (nSPS) is 18.9. The van der Waals surface area contributed by atoms with Gasteiger partial charge in [-0.25, -0.2) is 4.98 Å². The maximum absolute atomic E-state index is 13.1. The number of hydrogen-bond donors (Lipinski definition) is 0. The molecule has 4 rings (SSSR count). The van der Waals surface area contributed by atoms with Crippen molar-refractivity contribution in [2.45, 2.75) is 12.0 Å². The number of carbonyl (C=O) groups excluding carboxylic acids is 1. The van der Waals surface area contributed by atoms with Crippen molar-refractivity contribution >= 4 is 34.8 Å². The predicted molar refractivity (Wildman–Crippen MR) is 107 cm³/mol. The van der Waals surface area contributed by atoms with Crippen LogP contribution < -0.4 is 9.64 Å². The highest BCUT2D eigenvalue weighted by molar-refractivity contribution is 6.30. The van der Waals surface area contributed by atoms with E-state index < -0.39 is 0 Å². The SMILES string of the molecule is COc1ccc(N2C(=O)[C@H](c3ccc(Cl)cc3)[C@H]2c2ccc(Cl)nc2)cc1. The standard InChI is InChI=1S/C21H16Cl2N2O2/c1-27-17-9-7-16(8-10-17)25-20(14-4-11-18(23)24-12-14)19(21(25)26)13-2-5-15(22)6-3-13/h2-12,19-20H,1H3/t19-,20-/m1/s1. The number of methoxy groups -OCH3 is 1. The summed E-state index contributed by atoms with van der Waals surface area (Å²) in [5.41, 5.74) is 2.66. The highest BCUT2D eigenvalue weighted by Crippen LogP contribution is 2.49. The van der Waals surface area contributed by atoms with Gasteiger partial charge in [-0.2, -0.15) is 0 Å². The van der Waals surface area contributed by atoms with E-state index in [1.165, 1.54) is 0 Å². The summed E-state index contributed by atoms with van der Waals surface area (Å²) < 4.78 is 5.21. The van der Waals surface area contributed by atoms with Crippen LogP contribution in [-0.2, 0) is 4.79 Å². The van der Waals surface area contributed by atoms with Crippen LogP contribution in [0.1, 0.15) is 23.1 Å². The van der Waals surface area contributed by atoms with Crippen molar-refractivity contribution in [2.24, 2.45) is 0 Å². The van der Waals surface area contributed by atoms with Crippen molar-refractivity contribution in [2.75, 3.05) is 12.0 Å². The third kappa shape index (κ3) is 3.27. The Balaban J connectivity index is 1.74. The fourth-order valence-electron chi connectivity index (χ4n) is 3.42. The second kappa shape index (κ2) is 7.22. The van der Waals surface area contributed by atoms with Gasteiger partial charge in [0, 0.05) is 16.9 Å². The summed E-state index contributed by atoms with van der Waals surface area (Å²) in [6.07, 6.45) is 1.72. The molecular weight excluding hydrogens is 383 g/mol. The second-order valence-electron chi connectivity index (χ2n) is 6.29. The molecule has 1 amide bonds. The molecule has 0 radical (unpaired) electrons. The third-order valence-corrected chi connectivity index (χ3v) is 5.24. The Morgan fingerprint density at radius 3 is 2.19 bits per heavy atom. The molecule has 2 atom stereocenters. The van der Waals surface area contributed by atoms with E-state index in [2.05, 4.69) is 4.98 Å². The lowest BCUT2D eigenvalue weighted by Gasteiger charge is -2.47. The van der Waals surface area contributed by atoms with Crippen molar-refractivity contribution in [3.8, 4) is 5.75 Å². The number of benzene rings is 2. The lowest BCUT2D eigenvalue weighted by molar-refractivity contribution is -0.126. The molecule has 1 aliphatic rings. The average molecular weight is 399 g/mol. The van der Waals surface area contributed by atoms with Gasteiger partial charge in [0.25, 0.3) is 0 Å². The molecule has 0 N–H and O–H groups in total. The summed E-state index contributed by atoms with van der Waals surface area (Å²) >= 11 is 11.9. The Bertz CT molecular complexity index is 957. The van der Waals surface area contributed by atoms with E-state index in [0.717, 1.165) is 22.6 Å². The molecule has 0 saturated carbocycles. The van der Waals surface area contributed by atoms with Gasteiger partial charge in [0.2, 0.25) is 5.91 Å². The molecule has 2 heterocycles. The van der Waals surface area contributed by atoms with E-state index in [9.17, 15) is 4.79 Å². The first-order valence-corrected chi connectivity index (χ1v) is 9.18. The highest BCUT2D eigenvalue weighted by Gasteiger charge is 2.49. The molecule has 2 aromatic carbocycles. The lowest BCUT2D eigenvalue weighted by Crippen LogP contribution is -2.53. The zero-order valence-corrected chi connectivity index (χ0v) is 16.0. The van der Waals surface area contributed by atoms with E-state index in [-0.39, 0.29) is 17.9 Å². The number of ether oxygens (including phenoxy) is 1. The van der Waals surface area contributed by atoms with E-state index in [1.807, 2.05) is 42.5 Å². The number of hydrogen-bond acceptors (Lipinski definition) is 3. The first-order chi connectivity index (χ1) is 13.1. The number of anilines is 1. The number of halogens is 2. The zero-order chi connectivity index (χ0) is 19.0. The minimum atomic E-state index is -0.299. The van der Waals surface area contributed by atoms with Crippen molar-refractivity contribution in [3.05, 3.63) is 88.2 Å². The molecule has 1 aliphatic heterocycles. The van der Waals surface area contributed by atoms with Crippen LogP contribution in [0.15, 0.2) is 66.9 Å². The quantitative estimate of drug-likeness (QED) is 0.444. The summed E-state index contributed by atoms with van der Waals surface area (Å²) in [6, 6.07) is 18.3. The van der Waals surface area contributed by atoms with E-state index in [0.29, 0.717) is 10.2 Å². The molecule has 1 aromatic heterocycles. The molecule has 6 heteroatoms. The lowest BCUT2D eigenvalue weighted by atomic mass is 9.78. The summed E-state index contributed by atoms with van der Waals surface area (Å²) in [5, 5.41) is 1.06. The van der Waals surface area contributed by atoms with Gasteiger partial charge in [0.1, 0.15) is 10.9 Å². The molecule has 0 aliphatic carbocycles. The Morgan fingerprint density at radius 2 is 1.59 bits per heavy atom. The van der Waals surface area contributed by atoms with Crippen molar-refractivity contribution in [3.63, 3.8) is 0 Å². The first kappa shape index (κ1) is 17.8. The van der Waals surface area contributed by atoms with Crippen molar-refractivity contribution in [1.82, 2.24) is 4.98 Å². The molecule has 136 valence electrons. The van der Waals surface area contributed by atoms with Crippen LogP contribution in [-0.4, -0.2) is 18.0 Å². The van der Waals surface area contributed by atoms with Crippen LogP contribution in [0.25, 0.3) is 0 Å². The van der Waals surface area contributed by atoms with Crippen molar-refractivity contribution < 1.29 is 9.53 Å². The first-order valence-electron chi connectivity index (χ1n) is 8.42. The van der Waals surface area contributed by atoms with Gasteiger partial charge in [-0.05, 0) is 53.6 Å². The van der Waals surface area contributed by atoms with Crippen LogP contribution in [0.5, 0.6) is 5.75 Å². The smallest absolute Gasteiger partial charge is 0.237 e. The van der Waals surface area contributed by atoms with Gasteiger partial charge < -0.3 is 9.64 Å². The van der Waals surface area contributed by atoms with Gasteiger partial charge in [-0.15, -0.1) is 0 Å². The molecular formula is C21H16Cl2N2O2. The minimum Gasteiger partial charge on any atom is -0.497 e. The topological polar surface area (TPSA) is 42.4 Å². The maximum Gasteiger partial charge on any atom is 0.237 e. The Labute approximate surface area is 167 Å². The number of nitrogens with zero attached hydrogens (tertiary/aromatic N) is 2. The Morgan fingerprint density at radius 1 is 0.926 bits per heavy atom. The van der Waals surface area contributed by atoms with Crippen LogP contribution in [0.2, 0.25) is 10.2 Å². The summed E-state index contributed by atoms with van der Waals surface area (Å²) in [4.78, 5) is 19.0. The Kier molecular flexibility index (Phi) is 4.77. The maximum atomic E-state index is 13.1. The fourth-order valence-corrected chi connectivity index (χ4v) is 3.66. The third-order valence-electron chi connectivity index (χ3n) is 4.77. The number of carbonyl (C=O) groups is 1. The molecule has 1 saturated heterocycles. The van der Waals surface area contributed by atoms with E-state index in [1.54, 1.807) is 36.4 Å². The summed E-state index contributed by atoms with van der Waals surface area (Å²) in [5.74, 6) is 0.473. The van der Waals surface area contributed by atoms with Gasteiger partial charge in [-0.1, -0.05) is 41.4 Å². The van der Waals surface area contributed by atoms with E-state index >= 15 is 0 Å². The number of rotatable bonds is 4. The Hall–Kier alpha value is -2.56. The largest absolute Gasteiger partial charge is 0.497 e. The zero-order valence-electron chi connectivity index (χ0n) is 14.5. The highest BCUT2D eigenvalue weighted by atomic mass is 35.5. The average Bonchev–Trinajstić information content (AvgIpc) is 2.69. The fraction of sp³-hybridized carbons (Fsp3) is 0.143. The van der Waals surface area contributed by atoms with Crippen LogP contribution in [0, 0.1) is 0 Å². The molecule has 0 spiro atoms. The van der Waals surface area contributed by atoms with Crippen LogP contribution >= 0.6 is 23.2 Å².